The average Bonchev–Trinajstić information content (AvgIpc) is 2.37. The monoisotopic (exact) mass is 262 g/mol. The topological polar surface area (TPSA) is 29.3 Å². The summed E-state index contributed by atoms with van der Waals surface area (Å²) in [5, 5.41) is 0. The molecule has 0 bridgehead atoms. The maximum absolute atomic E-state index is 13.5. The molecule has 4 heteroatoms. The zero-order valence-electron chi connectivity index (χ0n) is 10.7. The molecule has 2 nitrogen and oxygen atoms in total. The molecule has 0 aromatic heterocycles. The number of benzene rings is 2. The SMILES string of the molecule is CN(Cc1ccc(N)cc1)Cc1cc(F)ccc1F. The third-order valence-corrected chi connectivity index (χ3v) is 2.88. The van der Waals surface area contributed by atoms with Crippen molar-refractivity contribution in [2.24, 2.45) is 0 Å². The van der Waals surface area contributed by atoms with E-state index in [-0.39, 0.29) is 5.82 Å². The standard InChI is InChI=1S/C15H16F2N2/c1-19(9-11-2-5-14(18)6-3-11)10-12-8-13(16)4-7-15(12)17/h2-8H,9-10,18H2,1H3. The quantitative estimate of drug-likeness (QED) is 0.857. The van der Waals surface area contributed by atoms with Crippen molar-refractivity contribution in [2.75, 3.05) is 12.8 Å². The molecule has 0 spiro atoms. The van der Waals surface area contributed by atoms with Crippen LogP contribution in [0.1, 0.15) is 11.1 Å². The Labute approximate surface area is 111 Å². The minimum atomic E-state index is -0.419. The number of nitrogens with two attached hydrogens (primary N) is 1. The second-order valence-corrected chi connectivity index (χ2v) is 4.65. The maximum Gasteiger partial charge on any atom is 0.127 e. The molecule has 0 atom stereocenters. The van der Waals surface area contributed by atoms with Crippen LogP contribution in [-0.2, 0) is 13.1 Å². The van der Waals surface area contributed by atoms with Crippen LogP contribution < -0.4 is 5.73 Å². The Morgan fingerprint density at radius 3 is 2.37 bits per heavy atom. The summed E-state index contributed by atoms with van der Waals surface area (Å²) in [7, 11) is 1.86. The molecule has 2 N–H and O–H groups in total. The number of rotatable bonds is 4. The second-order valence-electron chi connectivity index (χ2n) is 4.65. The second kappa shape index (κ2) is 5.80. The Morgan fingerprint density at radius 1 is 1.00 bits per heavy atom. The van der Waals surface area contributed by atoms with E-state index in [2.05, 4.69) is 0 Å². The van der Waals surface area contributed by atoms with Gasteiger partial charge in [-0.1, -0.05) is 12.1 Å². The van der Waals surface area contributed by atoms with Crippen molar-refractivity contribution in [3.63, 3.8) is 0 Å². The molecule has 0 aliphatic carbocycles. The maximum atomic E-state index is 13.5. The molecule has 0 saturated heterocycles. The fraction of sp³-hybridized carbons (Fsp3) is 0.200. The molecule has 19 heavy (non-hydrogen) atoms. The van der Waals surface area contributed by atoms with Crippen LogP contribution >= 0.6 is 0 Å². The summed E-state index contributed by atoms with van der Waals surface area (Å²) in [5.74, 6) is -0.803. The lowest BCUT2D eigenvalue weighted by Crippen LogP contribution is -2.18. The number of hydrogen-bond acceptors (Lipinski definition) is 2. The van der Waals surface area contributed by atoms with Crippen molar-refractivity contribution in [1.82, 2.24) is 4.90 Å². The zero-order valence-corrected chi connectivity index (χ0v) is 10.7. The molecule has 0 radical (unpaired) electrons. The van der Waals surface area contributed by atoms with Gasteiger partial charge in [-0.2, -0.15) is 0 Å². The van der Waals surface area contributed by atoms with Crippen molar-refractivity contribution < 1.29 is 8.78 Å². The van der Waals surface area contributed by atoms with E-state index >= 15 is 0 Å². The Hall–Kier alpha value is -1.94. The summed E-state index contributed by atoms with van der Waals surface area (Å²) in [6, 6.07) is 11.0. The first-order chi connectivity index (χ1) is 9.04. The van der Waals surface area contributed by atoms with Crippen molar-refractivity contribution in [3.05, 3.63) is 65.2 Å². The van der Waals surface area contributed by atoms with E-state index < -0.39 is 5.82 Å². The van der Waals surface area contributed by atoms with E-state index in [4.69, 9.17) is 5.73 Å². The Bertz CT molecular complexity index is 553. The van der Waals surface area contributed by atoms with E-state index in [1.165, 1.54) is 6.07 Å². The number of anilines is 1. The molecule has 100 valence electrons. The highest BCUT2D eigenvalue weighted by atomic mass is 19.1. The highest BCUT2D eigenvalue weighted by Crippen LogP contribution is 2.14. The molecule has 0 aliphatic rings. The van der Waals surface area contributed by atoms with Crippen LogP contribution in [0.25, 0.3) is 0 Å². The van der Waals surface area contributed by atoms with E-state index in [0.29, 0.717) is 24.3 Å². The lowest BCUT2D eigenvalue weighted by atomic mass is 10.1. The van der Waals surface area contributed by atoms with Gasteiger partial charge in [0, 0.05) is 24.3 Å². The van der Waals surface area contributed by atoms with Gasteiger partial charge in [0.15, 0.2) is 0 Å². The van der Waals surface area contributed by atoms with Crippen LogP contribution in [0.3, 0.4) is 0 Å². The van der Waals surface area contributed by atoms with Gasteiger partial charge in [-0.25, -0.2) is 8.78 Å². The van der Waals surface area contributed by atoms with Crippen LogP contribution in [-0.4, -0.2) is 11.9 Å². The minimum absolute atomic E-state index is 0.355. The Morgan fingerprint density at radius 2 is 1.68 bits per heavy atom. The van der Waals surface area contributed by atoms with Crippen molar-refractivity contribution in [3.8, 4) is 0 Å². The summed E-state index contributed by atoms with van der Waals surface area (Å²) in [6.07, 6.45) is 0. The van der Waals surface area contributed by atoms with Crippen LogP contribution in [0.15, 0.2) is 42.5 Å². The summed E-state index contributed by atoms with van der Waals surface area (Å²) in [6.45, 7) is 1.00. The summed E-state index contributed by atoms with van der Waals surface area (Å²) >= 11 is 0. The van der Waals surface area contributed by atoms with E-state index in [9.17, 15) is 8.78 Å². The first-order valence-corrected chi connectivity index (χ1v) is 6.01. The lowest BCUT2D eigenvalue weighted by Gasteiger charge is -2.17. The first kappa shape index (κ1) is 13.5. The molecule has 0 unspecified atom stereocenters. The van der Waals surface area contributed by atoms with Crippen molar-refractivity contribution >= 4 is 5.69 Å². The Kier molecular flexibility index (Phi) is 4.12. The molecule has 2 rings (SSSR count). The van der Waals surface area contributed by atoms with Crippen molar-refractivity contribution in [1.29, 1.82) is 0 Å². The van der Waals surface area contributed by atoms with E-state index in [1.54, 1.807) is 0 Å². The van der Waals surface area contributed by atoms with Gasteiger partial charge in [0.05, 0.1) is 0 Å². The number of nitrogens with zero attached hydrogens (tertiary/aromatic N) is 1. The van der Waals surface area contributed by atoms with Crippen LogP contribution in [0.2, 0.25) is 0 Å². The molecule has 2 aromatic rings. The minimum Gasteiger partial charge on any atom is -0.399 e. The van der Waals surface area contributed by atoms with Gasteiger partial charge in [-0.05, 0) is 42.9 Å². The van der Waals surface area contributed by atoms with E-state index in [1.807, 2.05) is 36.2 Å². The van der Waals surface area contributed by atoms with Crippen LogP contribution in [0, 0.1) is 11.6 Å². The third-order valence-electron chi connectivity index (χ3n) is 2.88. The first-order valence-electron chi connectivity index (χ1n) is 6.01. The fourth-order valence-corrected chi connectivity index (χ4v) is 1.95. The normalized spacial score (nSPS) is 10.9. The molecule has 0 fully saturated rings. The fourth-order valence-electron chi connectivity index (χ4n) is 1.95. The molecule has 0 saturated carbocycles. The van der Waals surface area contributed by atoms with Crippen LogP contribution in [0.4, 0.5) is 14.5 Å². The number of hydrogen-bond donors (Lipinski definition) is 1. The van der Waals surface area contributed by atoms with Gasteiger partial charge < -0.3 is 5.73 Å². The van der Waals surface area contributed by atoms with Gasteiger partial charge >= 0.3 is 0 Å². The average molecular weight is 262 g/mol. The smallest absolute Gasteiger partial charge is 0.127 e. The third kappa shape index (κ3) is 3.76. The predicted octanol–water partition coefficient (Wildman–Crippen LogP) is 3.18. The van der Waals surface area contributed by atoms with Gasteiger partial charge in [-0.3, -0.25) is 4.90 Å². The van der Waals surface area contributed by atoms with Crippen molar-refractivity contribution in [2.45, 2.75) is 13.1 Å². The summed E-state index contributed by atoms with van der Waals surface area (Å²) in [5.41, 5.74) is 7.76. The highest BCUT2D eigenvalue weighted by molar-refractivity contribution is 5.39. The van der Waals surface area contributed by atoms with Gasteiger partial charge in [0.1, 0.15) is 11.6 Å². The molecular formula is C15H16F2N2. The predicted molar refractivity (Wildman–Crippen MR) is 72.4 cm³/mol. The molecule has 2 aromatic carbocycles. The van der Waals surface area contributed by atoms with Gasteiger partial charge in [0.2, 0.25) is 0 Å². The molecule has 0 heterocycles. The largest absolute Gasteiger partial charge is 0.399 e. The Balaban J connectivity index is 2.02. The highest BCUT2D eigenvalue weighted by Gasteiger charge is 2.07. The zero-order chi connectivity index (χ0) is 13.8. The summed E-state index contributed by atoms with van der Waals surface area (Å²) < 4.78 is 26.6. The number of nitrogen functional groups attached to an aromatic ring is 1. The molecule has 0 aliphatic heterocycles. The molecular weight excluding hydrogens is 246 g/mol. The number of halogens is 2. The van der Waals surface area contributed by atoms with E-state index in [0.717, 1.165) is 17.7 Å². The van der Waals surface area contributed by atoms with Crippen LogP contribution in [0.5, 0.6) is 0 Å². The summed E-state index contributed by atoms with van der Waals surface area (Å²) in [4.78, 5) is 1.92. The molecule has 0 amide bonds. The van der Waals surface area contributed by atoms with Gasteiger partial charge in [0.25, 0.3) is 0 Å². The van der Waals surface area contributed by atoms with Gasteiger partial charge in [-0.15, -0.1) is 0 Å². The lowest BCUT2D eigenvalue weighted by molar-refractivity contribution is 0.313.